The molecule has 1 fully saturated rings. The van der Waals surface area contributed by atoms with Gasteiger partial charge >= 0.3 is 0 Å². The Hall–Kier alpha value is -2.08. The van der Waals surface area contributed by atoms with Crippen LogP contribution in [0.4, 0.5) is 5.82 Å². The van der Waals surface area contributed by atoms with Gasteiger partial charge in [-0.05, 0) is 13.0 Å². The molecule has 0 bridgehead atoms. The summed E-state index contributed by atoms with van der Waals surface area (Å²) in [6, 6.07) is 3.88. The summed E-state index contributed by atoms with van der Waals surface area (Å²) in [5, 5.41) is 1.01. The molecular formula is C16H23N4O2+. The van der Waals surface area contributed by atoms with Gasteiger partial charge in [0.1, 0.15) is 12.1 Å². The SMILES string of the molecule is CC[NH+]1CCN(c2ncnc3cc(OC)c(OC)cc23)CC1. The van der Waals surface area contributed by atoms with Gasteiger partial charge in [-0.1, -0.05) is 0 Å². The fourth-order valence-corrected chi connectivity index (χ4v) is 3.01. The maximum atomic E-state index is 5.42. The van der Waals surface area contributed by atoms with Gasteiger partial charge in [0.05, 0.1) is 52.5 Å². The van der Waals surface area contributed by atoms with Gasteiger partial charge in [0.15, 0.2) is 11.5 Å². The van der Waals surface area contributed by atoms with Crippen molar-refractivity contribution < 1.29 is 14.4 Å². The van der Waals surface area contributed by atoms with Crippen LogP contribution in [-0.2, 0) is 0 Å². The van der Waals surface area contributed by atoms with Gasteiger partial charge < -0.3 is 19.3 Å². The van der Waals surface area contributed by atoms with Crippen LogP contribution in [0.1, 0.15) is 6.92 Å². The molecule has 0 atom stereocenters. The molecule has 0 amide bonds. The van der Waals surface area contributed by atoms with Gasteiger partial charge in [-0.25, -0.2) is 9.97 Å². The third-order valence-electron chi connectivity index (χ3n) is 4.39. The van der Waals surface area contributed by atoms with Crippen molar-refractivity contribution in [1.82, 2.24) is 9.97 Å². The summed E-state index contributed by atoms with van der Waals surface area (Å²) < 4.78 is 10.8. The zero-order chi connectivity index (χ0) is 15.5. The molecule has 0 aliphatic carbocycles. The largest absolute Gasteiger partial charge is 0.493 e. The van der Waals surface area contributed by atoms with Crippen molar-refractivity contribution in [3.63, 3.8) is 0 Å². The normalized spacial score (nSPS) is 16.0. The molecule has 2 aromatic rings. The molecule has 1 aliphatic rings. The van der Waals surface area contributed by atoms with Crippen molar-refractivity contribution >= 4 is 16.7 Å². The monoisotopic (exact) mass is 303 g/mol. The molecule has 118 valence electrons. The third-order valence-corrected chi connectivity index (χ3v) is 4.39. The Balaban J connectivity index is 1.99. The summed E-state index contributed by atoms with van der Waals surface area (Å²) in [6.45, 7) is 7.75. The zero-order valence-corrected chi connectivity index (χ0v) is 13.4. The van der Waals surface area contributed by atoms with E-state index in [0.717, 1.165) is 42.9 Å². The van der Waals surface area contributed by atoms with E-state index in [1.165, 1.54) is 6.54 Å². The first-order valence-corrected chi connectivity index (χ1v) is 7.72. The number of benzene rings is 1. The Morgan fingerprint density at radius 2 is 1.77 bits per heavy atom. The highest BCUT2D eigenvalue weighted by atomic mass is 16.5. The molecule has 0 radical (unpaired) electrons. The van der Waals surface area contributed by atoms with E-state index < -0.39 is 0 Å². The molecule has 0 spiro atoms. The van der Waals surface area contributed by atoms with Gasteiger partial charge in [-0.15, -0.1) is 0 Å². The van der Waals surface area contributed by atoms with Crippen molar-refractivity contribution in [1.29, 1.82) is 0 Å². The van der Waals surface area contributed by atoms with Gasteiger partial charge in [0.2, 0.25) is 0 Å². The third kappa shape index (κ3) is 2.66. The second-order valence-corrected chi connectivity index (χ2v) is 5.51. The number of rotatable bonds is 4. The fourth-order valence-electron chi connectivity index (χ4n) is 3.01. The minimum Gasteiger partial charge on any atom is -0.493 e. The smallest absolute Gasteiger partial charge is 0.162 e. The molecule has 2 heterocycles. The standard InChI is InChI=1S/C16H22N4O2/c1-4-19-5-7-20(8-6-19)16-12-9-14(21-2)15(22-3)10-13(12)17-11-18-16/h9-11H,4-8H2,1-3H3/p+1. The van der Waals surface area contributed by atoms with Gasteiger partial charge in [-0.3, -0.25) is 0 Å². The maximum absolute atomic E-state index is 5.42. The van der Waals surface area contributed by atoms with Crippen LogP contribution in [0, 0.1) is 0 Å². The van der Waals surface area contributed by atoms with Crippen LogP contribution in [0.5, 0.6) is 11.5 Å². The number of likely N-dealkylation sites (N-methyl/N-ethyl adjacent to an activating group) is 1. The average Bonchev–Trinajstić information content (AvgIpc) is 2.60. The summed E-state index contributed by atoms with van der Waals surface area (Å²) in [6.07, 6.45) is 1.63. The summed E-state index contributed by atoms with van der Waals surface area (Å²) in [4.78, 5) is 12.9. The van der Waals surface area contributed by atoms with Crippen LogP contribution in [0.15, 0.2) is 18.5 Å². The van der Waals surface area contributed by atoms with Crippen LogP contribution in [0.2, 0.25) is 0 Å². The van der Waals surface area contributed by atoms with E-state index >= 15 is 0 Å². The molecular weight excluding hydrogens is 280 g/mol. The van der Waals surface area contributed by atoms with Crippen molar-refractivity contribution in [2.45, 2.75) is 6.92 Å². The fraction of sp³-hybridized carbons (Fsp3) is 0.500. The highest BCUT2D eigenvalue weighted by Gasteiger charge is 2.22. The number of aromatic nitrogens is 2. The minimum absolute atomic E-state index is 0.694. The lowest BCUT2D eigenvalue weighted by atomic mass is 10.2. The quantitative estimate of drug-likeness (QED) is 0.884. The first kappa shape index (κ1) is 14.8. The van der Waals surface area contributed by atoms with Crippen LogP contribution in [0.25, 0.3) is 10.9 Å². The second-order valence-electron chi connectivity index (χ2n) is 5.51. The van der Waals surface area contributed by atoms with Crippen LogP contribution in [-0.4, -0.2) is 56.9 Å². The molecule has 6 nitrogen and oxygen atoms in total. The van der Waals surface area contributed by atoms with Crippen molar-refractivity contribution in [3.8, 4) is 11.5 Å². The molecule has 1 aromatic carbocycles. The van der Waals surface area contributed by atoms with Crippen molar-refractivity contribution in [3.05, 3.63) is 18.5 Å². The maximum Gasteiger partial charge on any atom is 0.162 e. The molecule has 22 heavy (non-hydrogen) atoms. The number of nitrogens with zero attached hydrogens (tertiary/aromatic N) is 3. The molecule has 1 aromatic heterocycles. The average molecular weight is 303 g/mol. The molecule has 1 saturated heterocycles. The molecule has 0 saturated carbocycles. The Kier molecular flexibility index (Phi) is 4.29. The van der Waals surface area contributed by atoms with Crippen LogP contribution in [0.3, 0.4) is 0 Å². The highest BCUT2D eigenvalue weighted by molar-refractivity contribution is 5.92. The molecule has 3 rings (SSSR count). The van der Waals surface area contributed by atoms with E-state index in [9.17, 15) is 0 Å². The molecule has 0 unspecified atom stereocenters. The molecule has 1 aliphatic heterocycles. The summed E-state index contributed by atoms with van der Waals surface area (Å²) >= 11 is 0. The number of fused-ring (bicyclic) bond motifs is 1. The lowest BCUT2D eigenvalue weighted by molar-refractivity contribution is -0.898. The van der Waals surface area contributed by atoms with E-state index in [0.29, 0.717) is 11.5 Å². The topological polar surface area (TPSA) is 51.9 Å². The number of anilines is 1. The number of hydrogen-bond donors (Lipinski definition) is 1. The van der Waals surface area contributed by atoms with Crippen molar-refractivity contribution in [2.24, 2.45) is 0 Å². The number of piperazine rings is 1. The van der Waals surface area contributed by atoms with Crippen LogP contribution >= 0.6 is 0 Å². The summed E-state index contributed by atoms with van der Waals surface area (Å²) in [5.41, 5.74) is 0.882. The first-order chi connectivity index (χ1) is 10.8. The van der Waals surface area contributed by atoms with Crippen LogP contribution < -0.4 is 19.3 Å². The van der Waals surface area contributed by atoms with E-state index in [2.05, 4.69) is 21.8 Å². The van der Waals surface area contributed by atoms with E-state index in [1.807, 2.05) is 12.1 Å². The van der Waals surface area contributed by atoms with E-state index in [4.69, 9.17) is 9.47 Å². The lowest BCUT2D eigenvalue weighted by Crippen LogP contribution is -3.14. The first-order valence-electron chi connectivity index (χ1n) is 7.72. The Morgan fingerprint density at radius 1 is 1.09 bits per heavy atom. The Bertz CT molecular complexity index is 654. The predicted molar refractivity (Wildman–Crippen MR) is 86.1 cm³/mol. The number of hydrogen-bond acceptors (Lipinski definition) is 5. The predicted octanol–water partition coefficient (Wildman–Crippen LogP) is 0.372. The Labute approximate surface area is 130 Å². The zero-order valence-electron chi connectivity index (χ0n) is 13.4. The second kappa shape index (κ2) is 6.36. The lowest BCUT2D eigenvalue weighted by Gasteiger charge is -2.32. The summed E-state index contributed by atoms with van der Waals surface area (Å²) in [5.74, 6) is 2.39. The van der Waals surface area contributed by atoms with Gasteiger partial charge in [0.25, 0.3) is 0 Å². The van der Waals surface area contributed by atoms with E-state index in [1.54, 1.807) is 25.4 Å². The summed E-state index contributed by atoms with van der Waals surface area (Å²) in [7, 11) is 3.29. The van der Waals surface area contributed by atoms with Crippen molar-refractivity contribution in [2.75, 3.05) is 51.8 Å². The number of quaternary nitrogens is 1. The Morgan fingerprint density at radius 3 is 2.41 bits per heavy atom. The number of methoxy groups -OCH3 is 2. The number of ether oxygens (including phenoxy) is 2. The highest BCUT2D eigenvalue weighted by Crippen LogP contribution is 2.34. The van der Waals surface area contributed by atoms with E-state index in [-0.39, 0.29) is 0 Å². The van der Waals surface area contributed by atoms with Gasteiger partial charge in [-0.2, -0.15) is 0 Å². The van der Waals surface area contributed by atoms with Gasteiger partial charge in [0, 0.05) is 11.5 Å². The minimum atomic E-state index is 0.694. The molecule has 1 N–H and O–H groups in total. The number of nitrogens with one attached hydrogen (secondary N) is 1. The molecule has 6 heteroatoms.